The number of benzene rings is 2. The van der Waals surface area contributed by atoms with Crippen molar-refractivity contribution in [2.45, 2.75) is 12.5 Å². The van der Waals surface area contributed by atoms with Gasteiger partial charge in [0.25, 0.3) is 0 Å². The number of ether oxygens (including phenoxy) is 1. The zero-order chi connectivity index (χ0) is 14.2. The van der Waals surface area contributed by atoms with Gasteiger partial charge in [-0.2, -0.15) is 0 Å². The van der Waals surface area contributed by atoms with E-state index in [9.17, 15) is 5.11 Å². The van der Waals surface area contributed by atoms with Crippen LogP contribution >= 0.6 is 0 Å². The van der Waals surface area contributed by atoms with Gasteiger partial charge in [0.1, 0.15) is 12.4 Å². The highest BCUT2D eigenvalue weighted by molar-refractivity contribution is 5.37. The first kappa shape index (κ1) is 14.1. The first-order chi connectivity index (χ1) is 9.85. The summed E-state index contributed by atoms with van der Waals surface area (Å²) in [5.41, 5.74) is 1.98. The number of aliphatic hydroxyl groups excluding tert-OH is 1. The summed E-state index contributed by atoms with van der Waals surface area (Å²) in [7, 11) is 0. The van der Waals surface area contributed by atoms with Crippen molar-refractivity contribution in [2.24, 2.45) is 0 Å². The molecule has 0 aliphatic heterocycles. The molecular formula is C17H17NO2. The number of rotatable bonds is 6. The topological polar surface area (TPSA) is 33.8 Å². The minimum Gasteiger partial charge on any atom is -0.489 e. The maximum atomic E-state index is 9.42. The first-order valence-corrected chi connectivity index (χ1v) is 6.55. The summed E-state index contributed by atoms with van der Waals surface area (Å²) in [6.45, 7) is 7.66. The molecule has 0 aliphatic rings. The Morgan fingerprint density at radius 1 is 1.05 bits per heavy atom. The van der Waals surface area contributed by atoms with E-state index in [1.807, 2.05) is 54.6 Å². The Hall–Kier alpha value is -2.31. The molecule has 0 radical (unpaired) electrons. The second-order valence-corrected chi connectivity index (χ2v) is 4.53. The maximum absolute atomic E-state index is 9.42. The average Bonchev–Trinajstić information content (AvgIpc) is 2.52. The minimum atomic E-state index is -0.195. The third-order valence-electron chi connectivity index (χ3n) is 3.13. The molecule has 1 N–H and O–H groups in total. The van der Waals surface area contributed by atoms with Gasteiger partial charge >= 0.3 is 0 Å². The molecule has 0 bridgehead atoms. The van der Waals surface area contributed by atoms with Gasteiger partial charge in [-0.3, -0.25) is 0 Å². The standard InChI is InChI=1S/C17H17NO2/c1-18-11-15(12-19)16-9-5-6-10-17(16)20-13-14-7-3-2-4-8-14/h2-10,15,19H,11-13H2/t15-/m0/s1. The monoisotopic (exact) mass is 267 g/mol. The van der Waals surface area contributed by atoms with Crippen LogP contribution in [0.4, 0.5) is 0 Å². The Morgan fingerprint density at radius 3 is 2.45 bits per heavy atom. The van der Waals surface area contributed by atoms with Gasteiger partial charge in [0.15, 0.2) is 0 Å². The SMILES string of the molecule is [C-]#[N+]C[C@@H](CO)c1ccccc1OCc1ccccc1. The molecule has 2 rings (SSSR count). The lowest BCUT2D eigenvalue weighted by Gasteiger charge is -2.15. The van der Waals surface area contributed by atoms with E-state index in [0.717, 1.165) is 16.9 Å². The highest BCUT2D eigenvalue weighted by Gasteiger charge is 2.17. The van der Waals surface area contributed by atoms with Crippen LogP contribution in [0.1, 0.15) is 17.0 Å². The second kappa shape index (κ2) is 7.32. The van der Waals surface area contributed by atoms with Gasteiger partial charge < -0.3 is 14.7 Å². The van der Waals surface area contributed by atoms with E-state index in [2.05, 4.69) is 4.85 Å². The smallest absolute Gasteiger partial charge is 0.223 e. The molecule has 0 heterocycles. The average molecular weight is 267 g/mol. The molecule has 102 valence electrons. The summed E-state index contributed by atoms with van der Waals surface area (Å²) in [5.74, 6) is 0.540. The van der Waals surface area contributed by atoms with Crippen LogP contribution in [0, 0.1) is 6.57 Å². The van der Waals surface area contributed by atoms with Gasteiger partial charge in [0.2, 0.25) is 6.54 Å². The van der Waals surface area contributed by atoms with Crippen LogP contribution in [0.2, 0.25) is 0 Å². The fourth-order valence-corrected chi connectivity index (χ4v) is 2.05. The molecule has 2 aromatic carbocycles. The Labute approximate surface area is 119 Å². The van der Waals surface area contributed by atoms with Crippen LogP contribution in [0.5, 0.6) is 5.75 Å². The highest BCUT2D eigenvalue weighted by atomic mass is 16.5. The number of hydrogen-bond acceptors (Lipinski definition) is 2. The number of aliphatic hydroxyl groups is 1. The Morgan fingerprint density at radius 2 is 1.75 bits per heavy atom. The minimum absolute atomic E-state index is 0.0475. The van der Waals surface area contributed by atoms with Crippen molar-refractivity contribution in [3.8, 4) is 5.75 Å². The Bertz CT molecular complexity index is 575. The number of nitrogens with zero attached hydrogens (tertiary/aromatic N) is 1. The number of para-hydroxylation sites is 1. The summed E-state index contributed by atoms with van der Waals surface area (Å²) in [6, 6.07) is 17.5. The van der Waals surface area contributed by atoms with Crippen LogP contribution in [0.15, 0.2) is 54.6 Å². The predicted molar refractivity (Wildman–Crippen MR) is 78.5 cm³/mol. The zero-order valence-electron chi connectivity index (χ0n) is 11.2. The molecule has 0 aromatic heterocycles. The maximum Gasteiger partial charge on any atom is 0.223 e. The number of hydrogen-bond donors (Lipinski definition) is 1. The van der Waals surface area contributed by atoms with E-state index in [0.29, 0.717) is 6.61 Å². The third-order valence-corrected chi connectivity index (χ3v) is 3.13. The lowest BCUT2D eigenvalue weighted by molar-refractivity contribution is 0.261. The Kier molecular flexibility index (Phi) is 5.16. The summed E-state index contributed by atoms with van der Waals surface area (Å²) in [5, 5.41) is 9.42. The summed E-state index contributed by atoms with van der Waals surface area (Å²) in [6.07, 6.45) is 0. The van der Waals surface area contributed by atoms with E-state index in [1.165, 1.54) is 0 Å². The fourth-order valence-electron chi connectivity index (χ4n) is 2.05. The quantitative estimate of drug-likeness (QED) is 0.815. The van der Waals surface area contributed by atoms with Crippen molar-refractivity contribution in [3.63, 3.8) is 0 Å². The summed E-state index contributed by atoms with van der Waals surface area (Å²) in [4.78, 5) is 3.38. The Balaban J connectivity index is 2.13. The van der Waals surface area contributed by atoms with Gasteiger partial charge in [-0.25, -0.2) is 6.57 Å². The summed E-state index contributed by atoms with van der Waals surface area (Å²) < 4.78 is 5.84. The molecule has 1 atom stereocenters. The molecule has 2 aromatic rings. The van der Waals surface area contributed by atoms with Crippen LogP contribution in [0.25, 0.3) is 4.85 Å². The lowest BCUT2D eigenvalue weighted by atomic mass is 9.99. The molecule has 0 saturated heterocycles. The van der Waals surface area contributed by atoms with Gasteiger partial charge in [-0.1, -0.05) is 48.5 Å². The van der Waals surface area contributed by atoms with Crippen molar-refractivity contribution < 1.29 is 9.84 Å². The van der Waals surface area contributed by atoms with Crippen molar-refractivity contribution in [3.05, 3.63) is 77.1 Å². The van der Waals surface area contributed by atoms with E-state index >= 15 is 0 Å². The van der Waals surface area contributed by atoms with Crippen LogP contribution < -0.4 is 4.74 Å². The largest absolute Gasteiger partial charge is 0.489 e. The van der Waals surface area contributed by atoms with Crippen molar-refractivity contribution in [1.82, 2.24) is 0 Å². The molecule has 0 aliphatic carbocycles. The van der Waals surface area contributed by atoms with Crippen LogP contribution in [-0.4, -0.2) is 18.3 Å². The van der Waals surface area contributed by atoms with Gasteiger partial charge in [-0.15, -0.1) is 0 Å². The molecule has 20 heavy (non-hydrogen) atoms. The molecule has 3 heteroatoms. The van der Waals surface area contributed by atoms with Crippen molar-refractivity contribution in [1.29, 1.82) is 0 Å². The highest BCUT2D eigenvalue weighted by Crippen LogP contribution is 2.27. The van der Waals surface area contributed by atoms with Crippen molar-refractivity contribution in [2.75, 3.05) is 13.2 Å². The molecule has 0 fully saturated rings. The van der Waals surface area contributed by atoms with E-state index < -0.39 is 0 Å². The fraction of sp³-hybridized carbons (Fsp3) is 0.235. The normalized spacial score (nSPS) is 11.6. The lowest BCUT2D eigenvalue weighted by Crippen LogP contribution is -2.09. The summed E-state index contributed by atoms with van der Waals surface area (Å²) >= 11 is 0. The van der Waals surface area contributed by atoms with Crippen molar-refractivity contribution >= 4 is 0 Å². The first-order valence-electron chi connectivity index (χ1n) is 6.55. The molecule has 0 unspecified atom stereocenters. The van der Waals surface area contributed by atoms with E-state index in [1.54, 1.807) is 0 Å². The molecule has 0 spiro atoms. The second-order valence-electron chi connectivity index (χ2n) is 4.53. The van der Waals surface area contributed by atoms with E-state index in [4.69, 9.17) is 11.3 Å². The van der Waals surface area contributed by atoms with Gasteiger partial charge in [-0.05, 0) is 11.6 Å². The molecule has 0 amide bonds. The molecule has 0 saturated carbocycles. The van der Waals surface area contributed by atoms with Crippen LogP contribution in [0.3, 0.4) is 0 Å². The molecule has 3 nitrogen and oxygen atoms in total. The predicted octanol–water partition coefficient (Wildman–Crippen LogP) is 3.26. The third kappa shape index (κ3) is 3.59. The van der Waals surface area contributed by atoms with Gasteiger partial charge in [0.05, 0.1) is 12.5 Å². The van der Waals surface area contributed by atoms with Crippen LogP contribution in [-0.2, 0) is 6.61 Å². The zero-order valence-corrected chi connectivity index (χ0v) is 11.2. The van der Waals surface area contributed by atoms with E-state index in [-0.39, 0.29) is 19.1 Å². The molecular weight excluding hydrogens is 250 g/mol. The van der Waals surface area contributed by atoms with Gasteiger partial charge in [0, 0.05) is 5.56 Å².